The second-order valence-corrected chi connectivity index (χ2v) is 9.74. The van der Waals surface area contributed by atoms with Gasteiger partial charge in [-0.05, 0) is 32.1 Å². The molecule has 35 heavy (non-hydrogen) atoms. The summed E-state index contributed by atoms with van der Waals surface area (Å²) in [5.74, 6) is -3.36. The van der Waals surface area contributed by atoms with Crippen LogP contribution in [0.2, 0.25) is 0 Å². The Morgan fingerprint density at radius 1 is 0.571 bits per heavy atom. The first-order valence-corrected chi connectivity index (χ1v) is 13.9. The molecule has 204 valence electrons. The van der Waals surface area contributed by atoms with E-state index < -0.39 is 40.5 Å². The van der Waals surface area contributed by atoms with Crippen molar-refractivity contribution in [2.24, 2.45) is 0 Å². The molecule has 0 heterocycles. The standard InChI is InChI=1S/C28H51NO6/c1-5-9-10-11-12-13-14-15-16-17-18-19-20-21-22-29(23(6-2)26(30)31,24(7-3)27(32)33)25(8-4)28(34)35/h11-12,23-25H,5-10,13-22H2,1-4H3,(H2-,30,31,32,33,34,35)/p+1/b12-11+. The van der Waals surface area contributed by atoms with Gasteiger partial charge in [-0.1, -0.05) is 84.8 Å². The lowest BCUT2D eigenvalue weighted by Crippen LogP contribution is -2.72. The van der Waals surface area contributed by atoms with Crippen LogP contribution in [-0.4, -0.2) is 62.4 Å². The number of nitrogens with zero attached hydrogens (tertiary/aromatic N) is 1. The lowest BCUT2D eigenvalue weighted by atomic mass is 9.93. The summed E-state index contributed by atoms with van der Waals surface area (Å²) in [7, 11) is 0. The molecule has 0 bridgehead atoms. The second kappa shape index (κ2) is 19.3. The van der Waals surface area contributed by atoms with E-state index in [0.29, 0.717) is 6.42 Å². The van der Waals surface area contributed by atoms with E-state index in [1.165, 1.54) is 38.5 Å². The monoisotopic (exact) mass is 498 g/mol. The van der Waals surface area contributed by atoms with Gasteiger partial charge in [-0.3, -0.25) is 4.48 Å². The van der Waals surface area contributed by atoms with Crippen LogP contribution in [0.3, 0.4) is 0 Å². The van der Waals surface area contributed by atoms with Crippen LogP contribution in [0.1, 0.15) is 124 Å². The van der Waals surface area contributed by atoms with E-state index >= 15 is 0 Å². The minimum atomic E-state index is -1.12. The van der Waals surface area contributed by atoms with E-state index in [9.17, 15) is 29.7 Å². The highest BCUT2D eigenvalue weighted by Crippen LogP contribution is 2.32. The molecular weight excluding hydrogens is 446 g/mol. The lowest BCUT2D eigenvalue weighted by molar-refractivity contribution is -0.973. The van der Waals surface area contributed by atoms with Gasteiger partial charge >= 0.3 is 17.9 Å². The summed E-state index contributed by atoms with van der Waals surface area (Å²) in [5.41, 5.74) is 0. The third-order valence-electron chi connectivity index (χ3n) is 7.31. The van der Waals surface area contributed by atoms with Gasteiger partial charge in [0.1, 0.15) is 0 Å². The largest absolute Gasteiger partial charge is 0.477 e. The topological polar surface area (TPSA) is 112 Å². The summed E-state index contributed by atoms with van der Waals surface area (Å²) in [6.45, 7) is 7.57. The molecule has 0 aromatic carbocycles. The maximum atomic E-state index is 12.2. The van der Waals surface area contributed by atoms with Gasteiger partial charge < -0.3 is 15.3 Å². The summed E-state index contributed by atoms with van der Waals surface area (Å²) in [4.78, 5) is 36.6. The number of unbranched alkanes of at least 4 members (excludes halogenated alkanes) is 10. The highest BCUT2D eigenvalue weighted by molar-refractivity contribution is 5.78. The van der Waals surface area contributed by atoms with Crippen LogP contribution in [0.15, 0.2) is 12.2 Å². The molecule has 0 amide bonds. The molecule has 0 saturated carbocycles. The molecule has 0 aromatic rings. The number of hydrogen-bond donors (Lipinski definition) is 3. The molecule has 0 aliphatic carbocycles. The molecule has 0 aliphatic rings. The minimum Gasteiger partial charge on any atom is -0.477 e. The van der Waals surface area contributed by atoms with Crippen molar-refractivity contribution >= 4 is 17.9 Å². The van der Waals surface area contributed by atoms with Gasteiger partial charge in [-0.15, -0.1) is 0 Å². The summed E-state index contributed by atoms with van der Waals surface area (Å²) in [6.07, 6.45) is 18.3. The Kier molecular flexibility index (Phi) is 18.3. The first-order chi connectivity index (χ1) is 16.7. The fourth-order valence-electron chi connectivity index (χ4n) is 5.55. The number of hydrogen-bond acceptors (Lipinski definition) is 3. The highest BCUT2D eigenvalue weighted by atomic mass is 16.4. The first kappa shape index (κ1) is 33.1. The Balaban J connectivity index is 4.97. The van der Waals surface area contributed by atoms with Crippen LogP contribution in [0.25, 0.3) is 0 Å². The number of aliphatic carboxylic acids is 3. The molecule has 0 aromatic heterocycles. The first-order valence-electron chi connectivity index (χ1n) is 13.9. The molecule has 7 heteroatoms. The molecule has 0 aliphatic heterocycles. The van der Waals surface area contributed by atoms with E-state index in [4.69, 9.17) is 0 Å². The highest BCUT2D eigenvalue weighted by Gasteiger charge is 2.55. The van der Waals surface area contributed by atoms with Crippen LogP contribution in [-0.2, 0) is 14.4 Å². The van der Waals surface area contributed by atoms with E-state index in [0.717, 1.165) is 32.1 Å². The molecule has 0 saturated heterocycles. The summed E-state index contributed by atoms with van der Waals surface area (Å²) in [6, 6.07) is -3.19. The smallest absolute Gasteiger partial charge is 0.362 e. The van der Waals surface area contributed by atoms with Gasteiger partial charge in [-0.25, -0.2) is 14.4 Å². The fraction of sp³-hybridized carbons (Fsp3) is 0.821. The zero-order valence-corrected chi connectivity index (χ0v) is 22.7. The van der Waals surface area contributed by atoms with Crippen molar-refractivity contribution < 1.29 is 34.2 Å². The number of allylic oxidation sites excluding steroid dienone is 2. The van der Waals surface area contributed by atoms with Crippen molar-refractivity contribution in [1.82, 2.24) is 0 Å². The van der Waals surface area contributed by atoms with Crippen LogP contribution < -0.4 is 0 Å². The summed E-state index contributed by atoms with van der Waals surface area (Å²) < 4.78 is -0.407. The van der Waals surface area contributed by atoms with Gasteiger partial charge in [-0.2, -0.15) is 0 Å². The zero-order chi connectivity index (χ0) is 26.7. The molecule has 0 fully saturated rings. The Bertz CT molecular complexity index is 578. The average Bonchev–Trinajstić information content (AvgIpc) is 2.79. The number of carboxylic acids is 3. The molecule has 3 unspecified atom stereocenters. The van der Waals surface area contributed by atoms with Crippen LogP contribution in [0.4, 0.5) is 0 Å². The summed E-state index contributed by atoms with van der Waals surface area (Å²) in [5, 5.41) is 29.9. The number of rotatable bonds is 23. The van der Waals surface area contributed by atoms with Crippen LogP contribution in [0.5, 0.6) is 0 Å². The Morgan fingerprint density at radius 3 is 1.26 bits per heavy atom. The summed E-state index contributed by atoms with van der Waals surface area (Å²) >= 11 is 0. The predicted octanol–water partition coefficient (Wildman–Crippen LogP) is 6.65. The van der Waals surface area contributed by atoms with Gasteiger partial charge in [0.15, 0.2) is 18.1 Å². The van der Waals surface area contributed by atoms with Crippen LogP contribution >= 0.6 is 0 Å². The quantitative estimate of drug-likeness (QED) is 0.0826. The Hall–Kier alpha value is -1.89. The van der Waals surface area contributed by atoms with Gasteiger partial charge in [0, 0.05) is 19.3 Å². The second-order valence-electron chi connectivity index (χ2n) is 9.74. The zero-order valence-electron chi connectivity index (χ0n) is 22.7. The van der Waals surface area contributed by atoms with Crippen LogP contribution in [0, 0.1) is 0 Å². The van der Waals surface area contributed by atoms with Gasteiger partial charge in [0.05, 0.1) is 6.54 Å². The maximum absolute atomic E-state index is 12.2. The van der Waals surface area contributed by atoms with E-state index in [1.54, 1.807) is 20.8 Å². The average molecular weight is 499 g/mol. The Labute approximate surface area is 213 Å². The van der Waals surface area contributed by atoms with Crippen molar-refractivity contribution in [3.63, 3.8) is 0 Å². The lowest BCUT2D eigenvalue weighted by Gasteiger charge is -2.49. The van der Waals surface area contributed by atoms with Crippen molar-refractivity contribution in [3.8, 4) is 0 Å². The normalized spacial score (nSPS) is 16.0. The van der Waals surface area contributed by atoms with E-state index in [2.05, 4.69) is 19.1 Å². The van der Waals surface area contributed by atoms with Crippen molar-refractivity contribution in [1.29, 1.82) is 0 Å². The van der Waals surface area contributed by atoms with Gasteiger partial charge in [0.25, 0.3) is 0 Å². The SMILES string of the molecule is CCCC/C=C/CCCCCCCCCC[N+](C(CC)C(=O)O)(C(CC)C(=O)O)C(CC)C(=O)O. The minimum absolute atomic E-state index is 0.191. The molecule has 0 rings (SSSR count). The van der Waals surface area contributed by atoms with Crippen molar-refractivity contribution in [2.45, 2.75) is 142 Å². The maximum Gasteiger partial charge on any atom is 0.362 e. The third kappa shape index (κ3) is 11.1. The molecule has 0 spiro atoms. The third-order valence-corrected chi connectivity index (χ3v) is 7.31. The van der Waals surface area contributed by atoms with Gasteiger partial charge in [0.2, 0.25) is 0 Å². The number of carboxylic acid groups (broad SMARTS) is 3. The fourth-order valence-corrected chi connectivity index (χ4v) is 5.55. The molecule has 3 atom stereocenters. The Morgan fingerprint density at radius 2 is 0.914 bits per heavy atom. The molecule has 7 nitrogen and oxygen atoms in total. The number of carbonyl (C=O) groups is 3. The van der Waals surface area contributed by atoms with E-state index in [1.807, 2.05) is 0 Å². The number of quaternary nitrogens is 1. The predicted molar refractivity (Wildman–Crippen MR) is 140 cm³/mol. The molecule has 0 radical (unpaired) electrons. The molecule has 3 N–H and O–H groups in total. The van der Waals surface area contributed by atoms with E-state index in [-0.39, 0.29) is 25.8 Å². The molecular formula is C28H52NO6+. The van der Waals surface area contributed by atoms with Crippen molar-refractivity contribution in [2.75, 3.05) is 6.54 Å². The van der Waals surface area contributed by atoms with Crippen molar-refractivity contribution in [3.05, 3.63) is 12.2 Å².